The van der Waals surface area contributed by atoms with Crippen LogP contribution in [0.3, 0.4) is 0 Å². The predicted molar refractivity (Wildman–Crippen MR) is 84.0 cm³/mol. The zero-order valence-electron chi connectivity index (χ0n) is 14.9. The predicted octanol–water partition coefficient (Wildman–Crippen LogP) is -1.08. The number of nitrogens with one attached hydrogen (secondary N) is 1. The fourth-order valence-electron chi connectivity index (χ4n) is 3.61. The van der Waals surface area contributed by atoms with E-state index in [4.69, 9.17) is 4.42 Å². The SMILES string of the molecule is O=C1N2C[C@@H](CC[C@H]2c2nnc(CN3CCNCC3)o2)N1OS(=O)(=O)[O-].[H+]. The Morgan fingerprint density at radius 3 is 2.81 bits per heavy atom. The molecule has 0 aliphatic carbocycles. The van der Waals surface area contributed by atoms with Crippen LogP contribution < -0.4 is 5.32 Å². The summed E-state index contributed by atoms with van der Waals surface area (Å²) in [5.74, 6) is 0.791. The highest BCUT2D eigenvalue weighted by atomic mass is 32.3. The smallest absolute Gasteiger partial charge is 0.724 e. The van der Waals surface area contributed by atoms with E-state index in [0.717, 1.165) is 26.2 Å². The molecule has 1 aromatic rings. The van der Waals surface area contributed by atoms with Gasteiger partial charge in [0, 0.05) is 32.7 Å². The van der Waals surface area contributed by atoms with Crippen LogP contribution >= 0.6 is 0 Å². The van der Waals surface area contributed by atoms with Gasteiger partial charge in [-0.15, -0.1) is 10.2 Å². The van der Waals surface area contributed by atoms with E-state index in [1.807, 2.05) is 0 Å². The molecule has 4 rings (SSSR count). The zero-order valence-corrected chi connectivity index (χ0v) is 14.7. The fraction of sp³-hybridized carbons (Fsp3) is 0.769. The Balaban J connectivity index is 0.00000210. The molecule has 2 bridgehead atoms. The first-order valence-corrected chi connectivity index (χ1v) is 9.74. The van der Waals surface area contributed by atoms with Gasteiger partial charge in [0.05, 0.1) is 12.6 Å². The Labute approximate surface area is 151 Å². The summed E-state index contributed by atoms with van der Waals surface area (Å²) >= 11 is 0. The Morgan fingerprint density at radius 2 is 2.08 bits per heavy atom. The van der Waals surface area contributed by atoms with Crippen molar-refractivity contribution in [1.29, 1.82) is 0 Å². The minimum absolute atomic E-state index is 0. The minimum atomic E-state index is -5.01. The molecule has 13 heteroatoms. The van der Waals surface area contributed by atoms with Gasteiger partial charge in [0.2, 0.25) is 22.2 Å². The molecule has 144 valence electrons. The van der Waals surface area contributed by atoms with Crippen molar-refractivity contribution in [3.8, 4) is 0 Å². The molecule has 3 aliphatic rings. The number of carbonyl (C=O) groups is 1. The lowest BCUT2D eigenvalue weighted by molar-refractivity contribution is -0.0328. The maximum absolute atomic E-state index is 12.4. The van der Waals surface area contributed by atoms with Gasteiger partial charge in [-0.3, -0.25) is 4.90 Å². The Kier molecular flexibility index (Phi) is 4.56. The van der Waals surface area contributed by atoms with E-state index in [1.165, 1.54) is 4.90 Å². The molecule has 0 unspecified atom stereocenters. The maximum Gasteiger partial charge on any atom is 1.00 e. The van der Waals surface area contributed by atoms with Crippen LogP contribution in [-0.2, 0) is 21.2 Å². The largest absolute Gasteiger partial charge is 1.00 e. The molecule has 3 aliphatic heterocycles. The first kappa shape index (κ1) is 17.6. The second-order valence-electron chi connectivity index (χ2n) is 6.55. The van der Waals surface area contributed by atoms with Crippen LogP contribution in [0.25, 0.3) is 0 Å². The van der Waals surface area contributed by atoms with Crippen LogP contribution in [0.2, 0.25) is 0 Å². The number of hydrogen-bond donors (Lipinski definition) is 1. The first-order chi connectivity index (χ1) is 12.4. The molecule has 12 nitrogen and oxygen atoms in total. The van der Waals surface area contributed by atoms with Crippen molar-refractivity contribution in [2.75, 3.05) is 32.7 Å². The van der Waals surface area contributed by atoms with Gasteiger partial charge in [-0.05, 0) is 12.8 Å². The van der Waals surface area contributed by atoms with Crippen LogP contribution in [0.1, 0.15) is 32.1 Å². The van der Waals surface area contributed by atoms with E-state index in [-0.39, 0.29) is 7.97 Å². The number of urea groups is 1. The maximum atomic E-state index is 12.4. The molecule has 26 heavy (non-hydrogen) atoms. The normalized spacial score (nSPS) is 27.3. The third-order valence-corrected chi connectivity index (χ3v) is 5.17. The van der Waals surface area contributed by atoms with Crippen LogP contribution in [0.15, 0.2) is 4.42 Å². The minimum Gasteiger partial charge on any atom is -0.724 e. The summed E-state index contributed by atoms with van der Waals surface area (Å²) in [4.78, 5) is 16.0. The summed E-state index contributed by atoms with van der Waals surface area (Å²) in [6, 6.07) is -1.62. The van der Waals surface area contributed by atoms with Gasteiger partial charge < -0.3 is 19.2 Å². The van der Waals surface area contributed by atoms with Crippen molar-refractivity contribution in [3.63, 3.8) is 0 Å². The van der Waals surface area contributed by atoms with Crippen molar-refractivity contribution in [3.05, 3.63) is 11.8 Å². The van der Waals surface area contributed by atoms with Crippen molar-refractivity contribution >= 4 is 16.4 Å². The Bertz CT molecular complexity index is 784. The van der Waals surface area contributed by atoms with Crippen LogP contribution in [-0.4, -0.2) is 82.8 Å². The van der Waals surface area contributed by atoms with Gasteiger partial charge >= 0.3 is 7.46 Å². The van der Waals surface area contributed by atoms with Gasteiger partial charge in [0.25, 0.3) is 0 Å². The van der Waals surface area contributed by atoms with E-state index < -0.39 is 28.5 Å². The van der Waals surface area contributed by atoms with E-state index in [0.29, 0.717) is 36.2 Å². The first-order valence-electron chi connectivity index (χ1n) is 8.41. The Morgan fingerprint density at radius 1 is 1.31 bits per heavy atom. The summed E-state index contributed by atoms with van der Waals surface area (Å²) in [6.45, 7) is 4.39. The molecule has 3 fully saturated rings. The topological polar surface area (TPSA) is 144 Å². The summed E-state index contributed by atoms with van der Waals surface area (Å²) in [6.07, 6.45) is 0.988. The number of piperidine rings is 1. The highest BCUT2D eigenvalue weighted by molar-refractivity contribution is 7.80. The molecule has 2 atom stereocenters. The van der Waals surface area contributed by atoms with Crippen molar-refractivity contribution in [2.45, 2.75) is 31.5 Å². The summed E-state index contributed by atoms with van der Waals surface area (Å²) in [5.41, 5.74) is 0. The van der Waals surface area contributed by atoms with Gasteiger partial charge in [0.1, 0.15) is 6.04 Å². The lowest BCUT2D eigenvalue weighted by atomic mass is 10.0. The summed E-state index contributed by atoms with van der Waals surface area (Å²) in [5, 5.41) is 12.0. The van der Waals surface area contributed by atoms with Gasteiger partial charge in [-0.1, -0.05) is 0 Å². The standard InChI is InChI=1S/C13H20N6O6S/c20-13-18-7-9(19(13)25-26(21,22)23)1-2-10(18)12-16-15-11(24-12)8-17-5-3-14-4-6-17/h9-10,14H,1-8H2,(H,21,22,23)/t9-,10+/m1/s1. The third-order valence-electron chi connectivity index (χ3n) is 4.83. The number of nitrogens with zero attached hydrogens (tertiary/aromatic N) is 5. The molecule has 0 spiro atoms. The average Bonchev–Trinajstić information content (AvgIpc) is 3.15. The van der Waals surface area contributed by atoms with Gasteiger partial charge in [-0.25, -0.2) is 13.2 Å². The molecule has 0 saturated carbocycles. The number of carbonyl (C=O) groups excluding carboxylic acids is 1. The second kappa shape index (κ2) is 6.74. The Hall–Kier alpha value is -1.80. The molecule has 0 radical (unpaired) electrons. The van der Waals surface area contributed by atoms with Crippen molar-refractivity contribution in [2.24, 2.45) is 0 Å². The highest BCUT2D eigenvalue weighted by Crippen LogP contribution is 2.38. The number of hydroxylamine groups is 2. The fourth-order valence-corrected chi connectivity index (χ4v) is 3.99. The molecule has 0 aromatic carbocycles. The molecule has 4 heterocycles. The molecule has 3 saturated heterocycles. The van der Waals surface area contributed by atoms with E-state index >= 15 is 0 Å². The van der Waals surface area contributed by atoms with Gasteiger partial charge in [0.15, 0.2) is 0 Å². The van der Waals surface area contributed by atoms with E-state index in [2.05, 4.69) is 24.7 Å². The van der Waals surface area contributed by atoms with Crippen LogP contribution in [0.4, 0.5) is 4.79 Å². The lowest BCUT2D eigenvalue weighted by Gasteiger charge is -2.27. The van der Waals surface area contributed by atoms with Crippen LogP contribution in [0, 0.1) is 0 Å². The number of aromatic nitrogens is 2. The summed E-state index contributed by atoms with van der Waals surface area (Å²) in [7, 11) is -5.01. The second-order valence-corrected chi connectivity index (χ2v) is 7.52. The van der Waals surface area contributed by atoms with Gasteiger partial charge in [-0.2, -0.15) is 9.35 Å². The lowest BCUT2D eigenvalue weighted by Crippen LogP contribution is -2.42. The quantitative estimate of drug-likeness (QED) is 0.488. The number of rotatable bonds is 5. The molecule has 1 N–H and O–H groups in total. The number of piperazine rings is 1. The third kappa shape index (κ3) is 3.53. The van der Waals surface area contributed by atoms with Crippen molar-refractivity contribution < 1.29 is 27.9 Å². The average molecular weight is 388 g/mol. The zero-order chi connectivity index (χ0) is 18.3. The van der Waals surface area contributed by atoms with Crippen LogP contribution in [0.5, 0.6) is 0 Å². The van der Waals surface area contributed by atoms with E-state index in [1.54, 1.807) is 0 Å². The molecule has 2 amide bonds. The number of fused-ring (bicyclic) bond motifs is 2. The highest BCUT2D eigenvalue weighted by Gasteiger charge is 2.48. The molecular weight excluding hydrogens is 368 g/mol. The van der Waals surface area contributed by atoms with Crippen molar-refractivity contribution in [1.82, 2.24) is 30.4 Å². The monoisotopic (exact) mass is 388 g/mol. The van der Waals surface area contributed by atoms with E-state index in [9.17, 15) is 17.8 Å². The number of amides is 2. The summed E-state index contributed by atoms with van der Waals surface area (Å²) < 4.78 is 42.5. The molecular formula is C13H20N6O6S. The number of hydrogen-bond acceptors (Lipinski definition) is 10. The molecule has 1 aromatic heterocycles.